The van der Waals surface area contributed by atoms with E-state index >= 15 is 0 Å². The number of hydrogen-bond donors (Lipinski definition) is 1. The van der Waals surface area contributed by atoms with Crippen molar-refractivity contribution >= 4 is 16.5 Å². The lowest BCUT2D eigenvalue weighted by molar-refractivity contribution is 0.356. The van der Waals surface area contributed by atoms with E-state index in [1.807, 2.05) is 29.1 Å². The minimum atomic E-state index is -0.0725. The van der Waals surface area contributed by atoms with Crippen molar-refractivity contribution in [1.29, 1.82) is 0 Å². The fraction of sp³-hybridized carbons (Fsp3) is 0.235. The van der Waals surface area contributed by atoms with Gasteiger partial charge in [-0.15, -0.1) is 0 Å². The van der Waals surface area contributed by atoms with Crippen LogP contribution >= 0.6 is 0 Å². The van der Waals surface area contributed by atoms with Crippen LogP contribution in [-0.2, 0) is 5.54 Å². The number of nitrogens with two attached hydrogens (primary N) is 1. The summed E-state index contributed by atoms with van der Waals surface area (Å²) >= 11 is 0. The maximum atomic E-state index is 6.18. The molecule has 3 rings (SSSR count). The first-order valence-corrected chi connectivity index (χ1v) is 6.80. The number of fused-ring (bicyclic) bond motifs is 1. The lowest BCUT2D eigenvalue weighted by Crippen LogP contribution is -2.22. The summed E-state index contributed by atoms with van der Waals surface area (Å²) in [5, 5.41) is 7.08. The molecule has 0 aliphatic heterocycles. The van der Waals surface area contributed by atoms with E-state index in [1.54, 1.807) is 0 Å². The second-order valence-electron chi connectivity index (χ2n) is 6.08. The summed E-state index contributed by atoms with van der Waals surface area (Å²) in [5.41, 5.74) is 8.77. The molecule has 2 aromatic carbocycles. The van der Waals surface area contributed by atoms with E-state index in [-0.39, 0.29) is 5.54 Å². The van der Waals surface area contributed by atoms with Crippen molar-refractivity contribution in [1.82, 2.24) is 9.78 Å². The van der Waals surface area contributed by atoms with Gasteiger partial charge in [0.2, 0.25) is 0 Å². The normalized spacial score (nSPS) is 11.9. The van der Waals surface area contributed by atoms with Gasteiger partial charge in [-0.25, -0.2) is 0 Å². The van der Waals surface area contributed by atoms with Gasteiger partial charge in [0.15, 0.2) is 0 Å². The van der Waals surface area contributed by atoms with E-state index in [1.165, 1.54) is 10.8 Å². The third-order valence-corrected chi connectivity index (χ3v) is 3.47. The van der Waals surface area contributed by atoms with Crippen LogP contribution in [0.3, 0.4) is 0 Å². The lowest BCUT2D eigenvalue weighted by atomic mass is 10.0. The smallest absolute Gasteiger partial charge is 0.116 e. The van der Waals surface area contributed by atoms with Gasteiger partial charge in [0, 0.05) is 11.8 Å². The third kappa shape index (κ3) is 2.05. The van der Waals surface area contributed by atoms with Gasteiger partial charge in [0.05, 0.1) is 11.2 Å². The number of anilines is 1. The van der Waals surface area contributed by atoms with Crippen LogP contribution < -0.4 is 5.73 Å². The summed E-state index contributed by atoms with van der Waals surface area (Å²) in [6.45, 7) is 6.35. The molecule has 0 spiro atoms. The molecule has 0 atom stereocenters. The van der Waals surface area contributed by atoms with Crippen molar-refractivity contribution in [2.75, 3.05) is 5.73 Å². The van der Waals surface area contributed by atoms with E-state index < -0.39 is 0 Å². The Balaban J connectivity index is 2.24. The van der Waals surface area contributed by atoms with Gasteiger partial charge >= 0.3 is 0 Å². The Kier molecular flexibility index (Phi) is 2.78. The Morgan fingerprint density at radius 1 is 1.00 bits per heavy atom. The van der Waals surface area contributed by atoms with Gasteiger partial charge in [0.1, 0.15) is 5.69 Å². The predicted octanol–water partition coefficient (Wildman–Crippen LogP) is 4.04. The van der Waals surface area contributed by atoms with Gasteiger partial charge in [-0.1, -0.05) is 42.5 Å². The molecule has 3 aromatic rings. The van der Waals surface area contributed by atoms with Gasteiger partial charge in [0.25, 0.3) is 0 Å². The summed E-state index contributed by atoms with van der Waals surface area (Å²) in [7, 11) is 0. The highest BCUT2D eigenvalue weighted by Crippen LogP contribution is 2.32. The first kappa shape index (κ1) is 12.7. The third-order valence-electron chi connectivity index (χ3n) is 3.47. The molecule has 0 saturated carbocycles. The molecule has 0 saturated heterocycles. The molecule has 0 aliphatic rings. The van der Waals surface area contributed by atoms with Crippen LogP contribution in [0.1, 0.15) is 20.8 Å². The molecule has 0 aliphatic carbocycles. The number of aromatic nitrogens is 2. The lowest BCUT2D eigenvalue weighted by Gasteiger charge is -2.18. The van der Waals surface area contributed by atoms with Crippen LogP contribution in [0.2, 0.25) is 0 Å². The first-order chi connectivity index (χ1) is 9.47. The van der Waals surface area contributed by atoms with Crippen LogP contribution in [0.15, 0.2) is 48.7 Å². The molecule has 1 heterocycles. The van der Waals surface area contributed by atoms with Gasteiger partial charge in [-0.2, -0.15) is 5.10 Å². The molecular formula is C17H19N3. The van der Waals surface area contributed by atoms with E-state index in [0.29, 0.717) is 0 Å². The Bertz CT molecular complexity index is 758. The quantitative estimate of drug-likeness (QED) is 0.721. The number of hydrogen-bond acceptors (Lipinski definition) is 2. The van der Waals surface area contributed by atoms with Crippen LogP contribution in [0, 0.1) is 0 Å². The molecular weight excluding hydrogens is 246 g/mol. The van der Waals surface area contributed by atoms with Crippen LogP contribution in [0.5, 0.6) is 0 Å². The zero-order valence-electron chi connectivity index (χ0n) is 12.1. The highest BCUT2D eigenvalue weighted by Gasteiger charge is 2.18. The van der Waals surface area contributed by atoms with Crippen LogP contribution in [0.25, 0.3) is 22.0 Å². The average Bonchev–Trinajstić information content (AvgIpc) is 2.80. The van der Waals surface area contributed by atoms with Gasteiger partial charge in [-0.05, 0) is 31.5 Å². The van der Waals surface area contributed by atoms with Crippen molar-refractivity contribution in [3.8, 4) is 11.3 Å². The van der Waals surface area contributed by atoms with Crippen molar-refractivity contribution in [2.45, 2.75) is 26.3 Å². The zero-order valence-corrected chi connectivity index (χ0v) is 12.1. The molecule has 3 nitrogen and oxygen atoms in total. The standard InChI is InChI=1S/C17H19N3/c1-17(2,3)20-11-15(18)16(19-20)14-10-6-8-12-7-4-5-9-13(12)14/h4-11H,18H2,1-3H3. The number of nitrogen functional groups attached to an aromatic ring is 1. The number of nitrogens with zero attached hydrogens (tertiary/aromatic N) is 2. The summed E-state index contributed by atoms with van der Waals surface area (Å²) in [5.74, 6) is 0. The summed E-state index contributed by atoms with van der Waals surface area (Å²) < 4.78 is 1.93. The molecule has 102 valence electrons. The minimum absolute atomic E-state index is 0.0725. The zero-order chi connectivity index (χ0) is 14.3. The van der Waals surface area contributed by atoms with Gasteiger partial charge in [-0.3, -0.25) is 4.68 Å². The summed E-state index contributed by atoms with van der Waals surface area (Å²) in [6, 6.07) is 14.5. The van der Waals surface area contributed by atoms with Crippen LogP contribution in [-0.4, -0.2) is 9.78 Å². The summed E-state index contributed by atoms with van der Waals surface area (Å²) in [6.07, 6.45) is 1.91. The molecule has 20 heavy (non-hydrogen) atoms. The van der Waals surface area contributed by atoms with Crippen molar-refractivity contribution < 1.29 is 0 Å². The number of rotatable bonds is 1. The SMILES string of the molecule is CC(C)(C)n1cc(N)c(-c2cccc3ccccc23)n1. The number of benzene rings is 2. The minimum Gasteiger partial charge on any atom is -0.396 e. The molecule has 3 heteroatoms. The Morgan fingerprint density at radius 2 is 1.70 bits per heavy atom. The molecule has 0 amide bonds. The van der Waals surface area contributed by atoms with E-state index in [9.17, 15) is 0 Å². The Hall–Kier alpha value is -2.29. The first-order valence-electron chi connectivity index (χ1n) is 6.80. The van der Waals surface area contributed by atoms with E-state index in [2.05, 4.69) is 45.0 Å². The predicted molar refractivity (Wildman–Crippen MR) is 84.6 cm³/mol. The molecule has 1 aromatic heterocycles. The highest BCUT2D eigenvalue weighted by atomic mass is 15.3. The Morgan fingerprint density at radius 3 is 2.40 bits per heavy atom. The van der Waals surface area contributed by atoms with Crippen molar-refractivity contribution in [2.24, 2.45) is 0 Å². The topological polar surface area (TPSA) is 43.8 Å². The molecule has 0 bridgehead atoms. The maximum Gasteiger partial charge on any atom is 0.116 e. The fourth-order valence-corrected chi connectivity index (χ4v) is 2.37. The second kappa shape index (κ2) is 4.37. The van der Waals surface area contributed by atoms with Crippen molar-refractivity contribution in [3.63, 3.8) is 0 Å². The average molecular weight is 265 g/mol. The van der Waals surface area contributed by atoms with Gasteiger partial charge < -0.3 is 5.73 Å². The van der Waals surface area contributed by atoms with Crippen LogP contribution in [0.4, 0.5) is 5.69 Å². The molecule has 0 radical (unpaired) electrons. The van der Waals surface area contributed by atoms with E-state index in [4.69, 9.17) is 10.8 Å². The molecule has 0 unspecified atom stereocenters. The molecule has 2 N–H and O–H groups in total. The van der Waals surface area contributed by atoms with E-state index in [0.717, 1.165) is 16.9 Å². The maximum absolute atomic E-state index is 6.18. The highest BCUT2D eigenvalue weighted by molar-refractivity contribution is 5.97. The fourth-order valence-electron chi connectivity index (χ4n) is 2.37. The monoisotopic (exact) mass is 265 g/mol. The van der Waals surface area contributed by atoms with Crippen molar-refractivity contribution in [3.05, 3.63) is 48.7 Å². The largest absolute Gasteiger partial charge is 0.396 e. The molecule has 0 fully saturated rings. The second-order valence-corrected chi connectivity index (χ2v) is 6.08. The summed E-state index contributed by atoms with van der Waals surface area (Å²) in [4.78, 5) is 0. The Labute approximate surface area is 119 Å².